The van der Waals surface area contributed by atoms with E-state index in [4.69, 9.17) is 17.3 Å². The van der Waals surface area contributed by atoms with Crippen molar-refractivity contribution in [1.82, 2.24) is 9.13 Å². The van der Waals surface area contributed by atoms with Crippen molar-refractivity contribution in [2.24, 2.45) is 7.05 Å². The maximum Gasteiger partial charge on any atom is 0.331 e. The first-order valence-electron chi connectivity index (χ1n) is 5.40. The Labute approximate surface area is 122 Å². The molecule has 2 rings (SSSR count). The fourth-order valence-corrected chi connectivity index (χ4v) is 2.45. The Morgan fingerprint density at radius 3 is 2.68 bits per heavy atom. The summed E-state index contributed by atoms with van der Waals surface area (Å²) in [6.45, 7) is 0.0860. The van der Waals surface area contributed by atoms with E-state index >= 15 is 0 Å². The van der Waals surface area contributed by atoms with E-state index in [0.717, 1.165) is 9.04 Å². The molecule has 2 N–H and O–H groups in total. The average Bonchev–Trinajstić information content (AvgIpc) is 2.34. The van der Waals surface area contributed by atoms with Gasteiger partial charge in [-0.15, -0.1) is 0 Å². The van der Waals surface area contributed by atoms with Crippen LogP contribution >= 0.6 is 27.5 Å². The normalized spacial score (nSPS) is 10.7. The van der Waals surface area contributed by atoms with Gasteiger partial charge >= 0.3 is 5.69 Å². The fraction of sp³-hybridized carbons (Fsp3) is 0.167. The van der Waals surface area contributed by atoms with E-state index in [9.17, 15) is 9.59 Å². The molecule has 0 bridgehead atoms. The van der Waals surface area contributed by atoms with Crippen LogP contribution in [0.3, 0.4) is 0 Å². The highest BCUT2D eigenvalue weighted by Gasteiger charge is 2.10. The minimum atomic E-state index is -0.512. The maximum atomic E-state index is 11.9. The largest absolute Gasteiger partial charge is 0.393 e. The Kier molecular flexibility index (Phi) is 3.82. The van der Waals surface area contributed by atoms with Gasteiger partial charge in [-0.3, -0.25) is 9.36 Å². The quantitative estimate of drug-likeness (QED) is 0.899. The van der Waals surface area contributed by atoms with Crippen LogP contribution in [0.25, 0.3) is 0 Å². The first-order valence-corrected chi connectivity index (χ1v) is 6.57. The lowest BCUT2D eigenvalue weighted by molar-refractivity contribution is 0.643. The van der Waals surface area contributed by atoms with Gasteiger partial charge in [-0.05, 0) is 17.7 Å². The summed E-state index contributed by atoms with van der Waals surface area (Å²) in [6.07, 6.45) is 1.31. The number of benzene rings is 1. The molecule has 0 amide bonds. The van der Waals surface area contributed by atoms with E-state index in [2.05, 4.69) is 15.9 Å². The predicted octanol–water partition coefficient (Wildman–Crippen LogP) is 1.59. The predicted molar refractivity (Wildman–Crippen MR) is 78.6 cm³/mol. The van der Waals surface area contributed by atoms with Gasteiger partial charge in [0.15, 0.2) is 0 Å². The van der Waals surface area contributed by atoms with E-state index in [1.165, 1.54) is 17.8 Å². The van der Waals surface area contributed by atoms with Crippen molar-refractivity contribution >= 4 is 33.2 Å². The van der Waals surface area contributed by atoms with Gasteiger partial charge in [0.2, 0.25) is 0 Å². The molecule has 0 saturated carbocycles. The number of anilines is 1. The molecule has 0 fully saturated rings. The second-order valence-electron chi connectivity index (χ2n) is 4.10. The summed E-state index contributed by atoms with van der Waals surface area (Å²) in [5.74, 6) is 0. The number of aryl methyl sites for hydroxylation is 1. The van der Waals surface area contributed by atoms with Crippen LogP contribution in [-0.4, -0.2) is 9.13 Å². The Balaban J connectivity index is 2.56. The lowest BCUT2D eigenvalue weighted by Crippen LogP contribution is -2.40. The first-order chi connectivity index (χ1) is 8.90. The van der Waals surface area contributed by atoms with Gasteiger partial charge in [-0.25, -0.2) is 4.79 Å². The molecule has 0 atom stereocenters. The zero-order valence-corrected chi connectivity index (χ0v) is 12.4. The molecule has 19 heavy (non-hydrogen) atoms. The lowest BCUT2D eigenvalue weighted by Gasteiger charge is -2.09. The maximum absolute atomic E-state index is 11.9. The molecular weight excluding hydrogens is 334 g/mol. The second-order valence-corrected chi connectivity index (χ2v) is 5.43. The summed E-state index contributed by atoms with van der Waals surface area (Å²) < 4.78 is 3.16. The standard InChI is InChI=1S/C12H11BrClN3O2/c1-16-6-10(15)11(18)17(12(16)19)5-7-2-3-8(13)4-9(7)14/h2-4,6H,5,15H2,1H3. The van der Waals surface area contributed by atoms with Crippen molar-refractivity contribution in [2.45, 2.75) is 6.54 Å². The molecule has 1 aromatic heterocycles. The van der Waals surface area contributed by atoms with Crippen molar-refractivity contribution in [3.05, 3.63) is 60.3 Å². The van der Waals surface area contributed by atoms with Crippen molar-refractivity contribution in [2.75, 3.05) is 5.73 Å². The molecule has 100 valence electrons. The van der Waals surface area contributed by atoms with E-state index in [1.54, 1.807) is 18.2 Å². The molecule has 0 aliphatic heterocycles. The van der Waals surface area contributed by atoms with Crippen molar-refractivity contribution < 1.29 is 0 Å². The number of halogens is 2. The molecule has 0 saturated heterocycles. The second kappa shape index (κ2) is 5.22. The minimum absolute atomic E-state index is 0.0235. The Morgan fingerprint density at radius 2 is 2.05 bits per heavy atom. The van der Waals surface area contributed by atoms with Gasteiger partial charge in [0.1, 0.15) is 5.69 Å². The van der Waals surface area contributed by atoms with Crippen molar-refractivity contribution in [3.63, 3.8) is 0 Å². The summed E-state index contributed by atoms with van der Waals surface area (Å²) in [7, 11) is 1.54. The highest BCUT2D eigenvalue weighted by Crippen LogP contribution is 2.21. The molecular formula is C12H11BrClN3O2. The monoisotopic (exact) mass is 343 g/mol. The van der Waals surface area contributed by atoms with Gasteiger partial charge in [0, 0.05) is 22.7 Å². The summed E-state index contributed by atoms with van der Waals surface area (Å²) in [6, 6.07) is 5.25. The molecule has 5 nitrogen and oxygen atoms in total. The van der Waals surface area contributed by atoms with Crippen molar-refractivity contribution in [3.8, 4) is 0 Å². The molecule has 0 radical (unpaired) electrons. The molecule has 0 aliphatic rings. The molecule has 0 aliphatic carbocycles. The number of aromatic nitrogens is 2. The van der Waals surface area contributed by atoms with Crippen molar-refractivity contribution in [1.29, 1.82) is 0 Å². The van der Waals surface area contributed by atoms with E-state index in [0.29, 0.717) is 10.6 Å². The highest BCUT2D eigenvalue weighted by molar-refractivity contribution is 9.10. The number of nitrogens with two attached hydrogens (primary N) is 1. The third kappa shape index (κ3) is 2.74. The van der Waals surface area contributed by atoms with E-state index < -0.39 is 11.2 Å². The minimum Gasteiger partial charge on any atom is -0.393 e. The molecule has 2 aromatic rings. The molecule has 0 spiro atoms. The van der Waals surface area contributed by atoms with Gasteiger partial charge in [0.05, 0.1) is 6.54 Å². The average molecular weight is 345 g/mol. The molecule has 7 heteroatoms. The first kappa shape index (κ1) is 13.9. The van der Waals surface area contributed by atoms with Crippen LogP contribution in [0.2, 0.25) is 5.02 Å². The lowest BCUT2D eigenvalue weighted by atomic mass is 10.2. The van der Waals surface area contributed by atoms with Gasteiger partial charge in [-0.1, -0.05) is 33.6 Å². The van der Waals surface area contributed by atoms with Crippen LogP contribution in [0, 0.1) is 0 Å². The van der Waals surface area contributed by atoms with Gasteiger partial charge in [0.25, 0.3) is 5.56 Å². The van der Waals surface area contributed by atoms with E-state index in [-0.39, 0.29) is 12.2 Å². The summed E-state index contributed by atoms with van der Waals surface area (Å²) in [5, 5.41) is 0.478. The van der Waals surface area contributed by atoms with Crippen LogP contribution in [-0.2, 0) is 13.6 Å². The summed E-state index contributed by atoms with van der Waals surface area (Å²) in [5.41, 5.74) is 5.33. The Bertz CT molecular complexity index is 717. The number of rotatable bonds is 2. The highest BCUT2D eigenvalue weighted by atomic mass is 79.9. The van der Waals surface area contributed by atoms with Crippen LogP contribution in [0.1, 0.15) is 5.56 Å². The Hall–Kier alpha value is -1.53. The van der Waals surface area contributed by atoms with Crippen LogP contribution < -0.4 is 17.0 Å². The number of nitrogens with zero attached hydrogens (tertiary/aromatic N) is 2. The van der Waals surface area contributed by atoms with E-state index in [1.807, 2.05) is 0 Å². The number of hydrogen-bond donors (Lipinski definition) is 1. The van der Waals surface area contributed by atoms with Gasteiger partial charge < -0.3 is 10.3 Å². The molecule has 0 unspecified atom stereocenters. The Morgan fingerprint density at radius 1 is 1.37 bits per heavy atom. The smallest absolute Gasteiger partial charge is 0.331 e. The molecule has 1 aromatic carbocycles. The number of nitrogen functional groups attached to an aromatic ring is 1. The topological polar surface area (TPSA) is 70.0 Å². The summed E-state index contributed by atoms with van der Waals surface area (Å²) in [4.78, 5) is 23.8. The van der Waals surface area contributed by atoms with Gasteiger partial charge in [-0.2, -0.15) is 0 Å². The van der Waals surface area contributed by atoms with Crippen LogP contribution in [0.5, 0.6) is 0 Å². The van der Waals surface area contributed by atoms with Crippen LogP contribution in [0.15, 0.2) is 38.5 Å². The molecule has 1 heterocycles. The third-order valence-corrected chi connectivity index (χ3v) is 3.55. The van der Waals surface area contributed by atoms with Crippen LogP contribution in [0.4, 0.5) is 5.69 Å². The zero-order valence-electron chi connectivity index (χ0n) is 10.1. The fourth-order valence-electron chi connectivity index (χ4n) is 1.71. The zero-order chi connectivity index (χ0) is 14.2. The number of hydrogen-bond acceptors (Lipinski definition) is 3. The summed E-state index contributed by atoms with van der Waals surface area (Å²) >= 11 is 9.37. The SMILES string of the molecule is Cn1cc(N)c(=O)n(Cc2ccc(Br)cc2Cl)c1=O. The third-order valence-electron chi connectivity index (χ3n) is 2.70.